The maximum Gasteiger partial charge on any atom is 0.343 e. The molecule has 5 aromatic carbocycles. The predicted octanol–water partition coefficient (Wildman–Crippen LogP) is 10.4. The molecule has 10 rings (SSSR count). The van der Waals surface area contributed by atoms with E-state index in [2.05, 4.69) is 40.8 Å². The number of barbiturate groups is 1. The van der Waals surface area contributed by atoms with Gasteiger partial charge in [-0.2, -0.15) is 0 Å². The lowest BCUT2D eigenvalue weighted by atomic mass is 10.00. The summed E-state index contributed by atoms with van der Waals surface area (Å²) in [5, 5.41) is 8.24. The zero-order chi connectivity index (χ0) is 34.9. The Morgan fingerprint density at radius 3 is 1.90 bits per heavy atom. The number of urea groups is 1. The summed E-state index contributed by atoms with van der Waals surface area (Å²) in [4.78, 5) is 43.7. The number of thiophene rings is 2. The Kier molecular flexibility index (Phi) is 6.10. The number of para-hydroxylation sites is 1. The molecule has 4 amide bonds. The quantitative estimate of drug-likeness (QED) is 0.104. The first-order valence-corrected chi connectivity index (χ1v) is 17.2. The van der Waals surface area contributed by atoms with E-state index in [-0.39, 0.29) is 0 Å². The molecule has 1 saturated heterocycles. The smallest absolute Gasteiger partial charge is 0.299 e. The molecule has 4 aromatic heterocycles. The second kappa shape index (κ2) is 10.5. The van der Waals surface area contributed by atoms with Gasteiger partial charge in [0.25, 0.3) is 11.8 Å². The Hall–Kier alpha value is -6.11. The lowest BCUT2D eigenvalue weighted by Crippen LogP contribution is -2.57. The molecule has 246 valence electrons. The Morgan fingerprint density at radius 1 is 0.608 bits per heavy atom. The molecule has 6 nitrogen and oxygen atoms in total. The molecular formula is C39H17F4N3O3S2. The van der Waals surface area contributed by atoms with Crippen LogP contribution in [0.1, 0.15) is 5.56 Å². The first kappa shape index (κ1) is 29.8. The Morgan fingerprint density at radius 2 is 1.24 bits per heavy atom. The lowest BCUT2D eigenvalue weighted by molar-refractivity contribution is -0.121. The molecule has 12 heteroatoms. The van der Waals surface area contributed by atoms with Gasteiger partial charge in [0, 0.05) is 44.6 Å². The third-order valence-corrected chi connectivity index (χ3v) is 11.7. The molecule has 1 aliphatic rings. The lowest BCUT2D eigenvalue weighted by Gasteiger charge is -2.34. The van der Waals surface area contributed by atoms with E-state index >= 15 is 0 Å². The Bertz CT molecular complexity index is 2950. The van der Waals surface area contributed by atoms with Crippen LogP contribution in [0.2, 0.25) is 0 Å². The van der Waals surface area contributed by atoms with Gasteiger partial charge in [0.2, 0.25) is 0 Å². The van der Waals surface area contributed by atoms with Gasteiger partial charge in [0.05, 0.1) is 31.8 Å². The highest BCUT2D eigenvalue weighted by Gasteiger charge is 2.44. The van der Waals surface area contributed by atoms with Crippen LogP contribution >= 0.6 is 22.7 Å². The van der Waals surface area contributed by atoms with Crippen molar-refractivity contribution in [2.24, 2.45) is 0 Å². The summed E-state index contributed by atoms with van der Waals surface area (Å²) in [6, 6.07) is 21.4. The number of fused-ring (bicyclic) bond motifs is 8. The number of hydrogen-bond donors (Lipinski definition) is 0. The molecule has 0 spiro atoms. The Labute approximate surface area is 291 Å². The fraction of sp³-hybridized carbons (Fsp3) is 0. The van der Waals surface area contributed by atoms with Crippen LogP contribution in [-0.4, -0.2) is 22.2 Å². The summed E-state index contributed by atoms with van der Waals surface area (Å²) in [6.45, 7) is 0. The highest BCUT2D eigenvalue weighted by Crippen LogP contribution is 2.49. The molecule has 0 unspecified atom stereocenters. The van der Waals surface area contributed by atoms with E-state index in [9.17, 15) is 31.9 Å². The van der Waals surface area contributed by atoms with Gasteiger partial charge < -0.3 is 0 Å². The molecule has 5 heterocycles. The van der Waals surface area contributed by atoms with Gasteiger partial charge in [0.15, 0.2) is 0 Å². The number of halogens is 4. The van der Waals surface area contributed by atoms with Crippen molar-refractivity contribution in [1.29, 1.82) is 0 Å². The summed E-state index contributed by atoms with van der Waals surface area (Å²) in [5.41, 5.74) is 1.04. The van der Waals surface area contributed by atoms with Crippen LogP contribution in [0.5, 0.6) is 0 Å². The van der Waals surface area contributed by atoms with Crippen molar-refractivity contribution in [1.82, 2.24) is 4.40 Å². The van der Waals surface area contributed by atoms with Gasteiger partial charge in [-0.3, -0.25) is 14.0 Å². The number of carbonyl (C=O) groups is 3. The summed E-state index contributed by atoms with van der Waals surface area (Å²) >= 11 is 2.90. The first-order chi connectivity index (χ1) is 24.7. The minimum absolute atomic E-state index is 0.422. The topological polar surface area (TPSA) is 62.1 Å². The van der Waals surface area contributed by atoms with Crippen LogP contribution in [0, 0.1) is 23.3 Å². The normalized spacial score (nSPS) is 14.3. The minimum atomic E-state index is -1.35. The number of hydrogen-bond acceptors (Lipinski definition) is 5. The Balaban J connectivity index is 1.24. The van der Waals surface area contributed by atoms with Gasteiger partial charge in [-0.15, -0.1) is 22.7 Å². The van der Waals surface area contributed by atoms with E-state index in [1.54, 1.807) is 5.38 Å². The predicted molar refractivity (Wildman–Crippen MR) is 193 cm³/mol. The number of pyridine rings is 1. The van der Waals surface area contributed by atoms with Crippen molar-refractivity contribution in [2.45, 2.75) is 0 Å². The zero-order valence-electron chi connectivity index (χ0n) is 25.7. The number of amides is 4. The third kappa shape index (κ3) is 4.11. The molecule has 0 atom stereocenters. The summed E-state index contributed by atoms with van der Waals surface area (Å²) in [5.74, 6) is -6.63. The summed E-state index contributed by atoms with van der Waals surface area (Å²) < 4.78 is 61.4. The number of imide groups is 2. The molecule has 1 fully saturated rings. The summed E-state index contributed by atoms with van der Waals surface area (Å²) in [7, 11) is 0. The minimum Gasteiger partial charge on any atom is -0.299 e. The second-order valence-electron chi connectivity index (χ2n) is 12.2. The number of nitrogens with zero attached hydrogens (tertiary/aromatic N) is 3. The van der Waals surface area contributed by atoms with Gasteiger partial charge in [-0.05, 0) is 47.2 Å². The van der Waals surface area contributed by atoms with Crippen molar-refractivity contribution in [3.05, 3.63) is 131 Å². The molecular weight excluding hydrogens is 699 g/mol. The van der Waals surface area contributed by atoms with Gasteiger partial charge >= 0.3 is 6.03 Å². The van der Waals surface area contributed by atoms with Crippen molar-refractivity contribution >= 4 is 116 Å². The molecule has 0 aliphatic carbocycles. The van der Waals surface area contributed by atoms with Gasteiger partial charge in [-0.25, -0.2) is 32.2 Å². The van der Waals surface area contributed by atoms with E-state index in [0.29, 0.717) is 27.5 Å². The number of anilines is 2. The molecule has 0 saturated carbocycles. The molecule has 0 radical (unpaired) electrons. The van der Waals surface area contributed by atoms with E-state index in [4.69, 9.17) is 0 Å². The van der Waals surface area contributed by atoms with Crippen LogP contribution in [0.4, 0.5) is 33.7 Å². The molecule has 9 aromatic rings. The van der Waals surface area contributed by atoms with Gasteiger partial charge in [-0.1, -0.05) is 48.5 Å². The third-order valence-electron chi connectivity index (χ3n) is 9.32. The van der Waals surface area contributed by atoms with Crippen LogP contribution in [-0.2, 0) is 9.59 Å². The standard InChI is InChI=1S/C39H17F4N3O3S2/c40-20-11-21(41)14-24(13-20)44-36(47)29(37(48)45(39(44)49)25-15-22(42)12-23(43)16-25)10-19-17-50-35-32-28-6-3-4-18-8-9-27-26-5-1-2-7-30(26)46(33(27)31(18)28)38(32)51-34(19)35/h1-17H. The SMILES string of the molecule is O=C1C(=Cc2csc3c2sc2c3c3cccc4ccc5c6ccccc6n2c5c43)C(=O)N(c2cc(F)cc(F)c2)C(=O)N1c1cc(F)cc(F)c1. The van der Waals surface area contributed by atoms with Crippen LogP contribution in [0.15, 0.2) is 102 Å². The second-order valence-corrected chi connectivity index (χ2v) is 14.1. The van der Waals surface area contributed by atoms with E-state index in [0.717, 1.165) is 81.8 Å². The number of aromatic nitrogens is 1. The van der Waals surface area contributed by atoms with Gasteiger partial charge in [0.1, 0.15) is 33.7 Å². The van der Waals surface area contributed by atoms with E-state index < -0.39 is 58.1 Å². The zero-order valence-corrected chi connectivity index (χ0v) is 27.3. The highest BCUT2D eigenvalue weighted by atomic mass is 32.1. The number of benzene rings is 5. The monoisotopic (exact) mass is 715 g/mol. The van der Waals surface area contributed by atoms with Crippen LogP contribution in [0.3, 0.4) is 0 Å². The van der Waals surface area contributed by atoms with Crippen molar-refractivity contribution in [3.8, 4) is 0 Å². The van der Waals surface area contributed by atoms with Crippen molar-refractivity contribution in [3.63, 3.8) is 0 Å². The van der Waals surface area contributed by atoms with E-state index in [1.165, 1.54) is 28.7 Å². The van der Waals surface area contributed by atoms with Crippen LogP contribution < -0.4 is 9.80 Å². The maximum absolute atomic E-state index is 14.4. The highest BCUT2D eigenvalue weighted by molar-refractivity contribution is 7.32. The average Bonchev–Trinajstić information content (AvgIpc) is 3.76. The van der Waals surface area contributed by atoms with E-state index in [1.807, 2.05) is 18.2 Å². The largest absolute Gasteiger partial charge is 0.343 e. The maximum atomic E-state index is 14.4. The first-order valence-electron chi connectivity index (χ1n) is 15.5. The fourth-order valence-corrected chi connectivity index (χ4v) is 9.91. The van der Waals surface area contributed by atoms with Crippen LogP contribution in [0.25, 0.3) is 63.7 Å². The molecule has 51 heavy (non-hydrogen) atoms. The average molecular weight is 716 g/mol. The molecule has 0 bridgehead atoms. The molecule has 0 N–H and O–H groups in total. The van der Waals surface area contributed by atoms with Crippen molar-refractivity contribution < 1.29 is 31.9 Å². The van der Waals surface area contributed by atoms with Crippen molar-refractivity contribution in [2.75, 3.05) is 9.80 Å². The molecule has 1 aliphatic heterocycles. The summed E-state index contributed by atoms with van der Waals surface area (Å²) in [6.07, 6.45) is 1.32. The fourth-order valence-electron chi connectivity index (χ4n) is 7.30. The number of rotatable bonds is 3. The number of carbonyl (C=O) groups excluding carboxylic acids is 3.